The van der Waals surface area contributed by atoms with Crippen molar-refractivity contribution in [1.29, 1.82) is 0 Å². The number of likely N-dealkylation sites (N-methyl/N-ethyl adjacent to an activating group) is 1. The SMILES string of the molecule is CNCC1CCCN1C(=O)C(C)Oc1cccc(C)c1.Cl. The molecule has 2 rings (SSSR count). The maximum Gasteiger partial charge on any atom is 0.263 e. The van der Waals surface area contributed by atoms with Gasteiger partial charge in [-0.15, -0.1) is 12.4 Å². The molecule has 1 fully saturated rings. The number of carbonyl (C=O) groups excluding carboxylic acids is 1. The second-order valence-corrected chi connectivity index (χ2v) is 5.46. The van der Waals surface area contributed by atoms with E-state index in [1.807, 2.05) is 50.1 Å². The molecule has 1 N–H and O–H groups in total. The molecule has 2 unspecified atom stereocenters. The molecule has 0 radical (unpaired) electrons. The number of nitrogens with one attached hydrogen (secondary N) is 1. The molecule has 1 amide bonds. The van der Waals surface area contributed by atoms with Crippen LogP contribution in [-0.4, -0.2) is 43.1 Å². The van der Waals surface area contributed by atoms with Gasteiger partial charge in [0.1, 0.15) is 5.75 Å². The Balaban J connectivity index is 0.00000220. The molecule has 2 atom stereocenters. The fraction of sp³-hybridized carbons (Fsp3) is 0.562. The molecule has 4 nitrogen and oxygen atoms in total. The number of amides is 1. The predicted octanol–water partition coefficient (Wildman–Crippen LogP) is 2.39. The third-order valence-corrected chi connectivity index (χ3v) is 3.75. The van der Waals surface area contributed by atoms with Gasteiger partial charge in [-0.2, -0.15) is 0 Å². The van der Waals surface area contributed by atoms with Crippen LogP contribution in [0.4, 0.5) is 0 Å². The maximum atomic E-state index is 12.5. The van der Waals surface area contributed by atoms with Crippen LogP contribution in [0.1, 0.15) is 25.3 Å². The Kier molecular flexibility index (Phi) is 6.99. The van der Waals surface area contributed by atoms with Gasteiger partial charge in [-0.25, -0.2) is 0 Å². The zero-order chi connectivity index (χ0) is 14.5. The zero-order valence-electron chi connectivity index (χ0n) is 13.0. The first-order valence-corrected chi connectivity index (χ1v) is 7.30. The van der Waals surface area contributed by atoms with Crippen molar-refractivity contribution in [2.75, 3.05) is 20.1 Å². The summed E-state index contributed by atoms with van der Waals surface area (Å²) >= 11 is 0. The summed E-state index contributed by atoms with van der Waals surface area (Å²) in [5.74, 6) is 0.847. The van der Waals surface area contributed by atoms with E-state index in [2.05, 4.69) is 5.32 Å². The maximum absolute atomic E-state index is 12.5. The van der Waals surface area contributed by atoms with E-state index in [-0.39, 0.29) is 18.3 Å². The molecule has 118 valence electrons. The highest BCUT2D eigenvalue weighted by Crippen LogP contribution is 2.20. The molecule has 1 aliphatic heterocycles. The van der Waals surface area contributed by atoms with E-state index < -0.39 is 6.10 Å². The van der Waals surface area contributed by atoms with Crippen LogP contribution in [0.25, 0.3) is 0 Å². The highest BCUT2D eigenvalue weighted by Gasteiger charge is 2.31. The zero-order valence-corrected chi connectivity index (χ0v) is 13.8. The van der Waals surface area contributed by atoms with Crippen molar-refractivity contribution in [3.63, 3.8) is 0 Å². The quantitative estimate of drug-likeness (QED) is 0.907. The second-order valence-electron chi connectivity index (χ2n) is 5.46. The molecule has 1 aliphatic rings. The van der Waals surface area contributed by atoms with Gasteiger partial charge in [0.05, 0.1) is 0 Å². The minimum Gasteiger partial charge on any atom is -0.481 e. The topological polar surface area (TPSA) is 41.6 Å². The normalized spacial score (nSPS) is 19.0. The number of hydrogen-bond donors (Lipinski definition) is 1. The number of halogens is 1. The van der Waals surface area contributed by atoms with Gasteiger partial charge < -0.3 is 15.0 Å². The average molecular weight is 313 g/mol. The first-order valence-electron chi connectivity index (χ1n) is 7.30. The van der Waals surface area contributed by atoms with Crippen molar-refractivity contribution >= 4 is 18.3 Å². The molecule has 0 bridgehead atoms. The first kappa shape index (κ1) is 17.8. The third kappa shape index (κ3) is 4.61. The van der Waals surface area contributed by atoms with Crippen LogP contribution in [0.2, 0.25) is 0 Å². The minimum atomic E-state index is -0.436. The number of hydrogen-bond acceptors (Lipinski definition) is 3. The number of rotatable bonds is 5. The second kappa shape index (κ2) is 8.25. The van der Waals surface area contributed by atoms with E-state index in [1.54, 1.807) is 0 Å². The van der Waals surface area contributed by atoms with E-state index in [0.29, 0.717) is 6.04 Å². The van der Waals surface area contributed by atoms with E-state index in [0.717, 1.165) is 37.2 Å². The third-order valence-electron chi connectivity index (χ3n) is 3.75. The number of carbonyl (C=O) groups is 1. The molecule has 5 heteroatoms. The van der Waals surface area contributed by atoms with Crippen LogP contribution in [-0.2, 0) is 4.79 Å². The molecule has 0 spiro atoms. The summed E-state index contributed by atoms with van der Waals surface area (Å²) in [6, 6.07) is 8.12. The largest absolute Gasteiger partial charge is 0.481 e. The molecule has 1 heterocycles. The summed E-state index contributed by atoms with van der Waals surface area (Å²) in [5, 5.41) is 3.16. The number of aryl methyl sites for hydroxylation is 1. The Hall–Kier alpha value is -1.26. The van der Waals surface area contributed by atoms with E-state index in [9.17, 15) is 4.79 Å². The lowest BCUT2D eigenvalue weighted by molar-refractivity contribution is -0.138. The summed E-state index contributed by atoms with van der Waals surface area (Å²) in [6.45, 7) is 5.54. The van der Waals surface area contributed by atoms with Crippen LogP contribution < -0.4 is 10.1 Å². The number of benzene rings is 1. The lowest BCUT2D eigenvalue weighted by Crippen LogP contribution is -2.46. The number of nitrogens with zero attached hydrogens (tertiary/aromatic N) is 1. The standard InChI is InChI=1S/C16H24N2O2.ClH/c1-12-6-4-8-15(10-12)20-13(2)16(19)18-9-5-7-14(18)11-17-3;/h4,6,8,10,13-14,17H,5,7,9,11H2,1-3H3;1H. The summed E-state index contributed by atoms with van der Waals surface area (Å²) in [7, 11) is 1.92. The Bertz CT molecular complexity index is 467. The average Bonchev–Trinajstić information content (AvgIpc) is 2.86. The van der Waals surface area contributed by atoms with Crippen molar-refractivity contribution in [2.45, 2.75) is 38.8 Å². The summed E-state index contributed by atoms with van der Waals surface area (Å²) in [4.78, 5) is 14.4. The number of ether oxygens (including phenoxy) is 1. The van der Waals surface area contributed by atoms with E-state index >= 15 is 0 Å². The van der Waals surface area contributed by atoms with Crippen molar-refractivity contribution in [3.8, 4) is 5.75 Å². The molecule has 0 aromatic heterocycles. The van der Waals surface area contributed by atoms with E-state index in [4.69, 9.17) is 4.74 Å². The number of likely N-dealkylation sites (tertiary alicyclic amines) is 1. The van der Waals surface area contributed by atoms with Crippen molar-refractivity contribution in [3.05, 3.63) is 29.8 Å². The molecule has 1 saturated heterocycles. The van der Waals surface area contributed by atoms with Gasteiger partial charge in [0.25, 0.3) is 5.91 Å². The molecule has 1 aromatic carbocycles. The smallest absolute Gasteiger partial charge is 0.263 e. The minimum absolute atomic E-state index is 0. The van der Waals surface area contributed by atoms with Gasteiger partial charge in [-0.1, -0.05) is 12.1 Å². The Labute approximate surface area is 133 Å². The molecule has 1 aromatic rings. The Morgan fingerprint density at radius 1 is 1.52 bits per heavy atom. The van der Waals surface area contributed by atoms with Crippen molar-refractivity contribution < 1.29 is 9.53 Å². The Morgan fingerprint density at radius 3 is 2.95 bits per heavy atom. The van der Waals surface area contributed by atoms with Crippen LogP contribution >= 0.6 is 12.4 Å². The van der Waals surface area contributed by atoms with Gasteiger partial charge in [0, 0.05) is 19.1 Å². The summed E-state index contributed by atoms with van der Waals surface area (Å²) in [5.41, 5.74) is 1.14. The van der Waals surface area contributed by atoms with Crippen molar-refractivity contribution in [1.82, 2.24) is 10.2 Å². The fourth-order valence-electron chi connectivity index (χ4n) is 2.75. The van der Waals surface area contributed by atoms with Gasteiger partial charge in [0.2, 0.25) is 0 Å². The summed E-state index contributed by atoms with van der Waals surface area (Å²) < 4.78 is 5.78. The highest BCUT2D eigenvalue weighted by atomic mass is 35.5. The molecular formula is C16H25ClN2O2. The summed E-state index contributed by atoms with van der Waals surface area (Å²) in [6.07, 6.45) is 1.72. The van der Waals surface area contributed by atoms with Crippen LogP contribution in [0.5, 0.6) is 5.75 Å². The van der Waals surface area contributed by atoms with Crippen molar-refractivity contribution in [2.24, 2.45) is 0 Å². The van der Waals surface area contributed by atoms with Crippen LogP contribution in [0.15, 0.2) is 24.3 Å². The lowest BCUT2D eigenvalue weighted by Gasteiger charge is -2.27. The fourth-order valence-corrected chi connectivity index (χ4v) is 2.75. The molecule has 21 heavy (non-hydrogen) atoms. The monoisotopic (exact) mass is 312 g/mol. The van der Waals surface area contributed by atoms with Crippen LogP contribution in [0, 0.1) is 6.92 Å². The first-order chi connectivity index (χ1) is 9.61. The Morgan fingerprint density at radius 2 is 2.29 bits per heavy atom. The van der Waals surface area contributed by atoms with Crippen LogP contribution in [0.3, 0.4) is 0 Å². The van der Waals surface area contributed by atoms with Gasteiger partial charge in [0.15, 0.2) is 6.10 Å². The van der Waals surface area contributed by atoms with E-state index in [1.165, 1.54) is 0 Å². The van der Waals surface area contributed by atoms with Gasteiger partial charge in [-0.3, -0.25) is 4.79 Å². The highest BCUT2D eigenvalue weighted by molar-refractivity contribution is 5.85. The molecular weight excluding hydrogens is 288 g/mol. The predicted molar refractivity (Wildman–Crippen MR) is 87.2 cm³/mol. The van der Waals surface area contributed by atoms with Gasteiger partial charge in [-0.05, 0) is 51.4 Å². The van der Waals surface area contributed by atoms with Gasteiger partial charge >= 0.3 is 0 Å². The molecule has 0 aliphatic carbocycles. The lowest BCUT2D eigenvalue weighted by atomic mass is 10.2. The molecule has 0 saturated carbocycles.